The van der Waals surface area contributed by atoms with Crippen LogP contribution >= 0.6 is 16.0 Å². The van der Waals surface area contributed by atoms with Crippen molar-refractivity contribution < 1.29 is 16.8 Å². The van der Waals surface area contributed by atoms with Gasteiger partial charge in [-0.05, 0) is 90.6 Å². The first-order chi connectivity index (χ1) is 29.7. The number of anilines is 2. The van der Waals surface area contributed by atoms with Gasteiger partial charge in [0.1, 0.15) is 22.3 Å². The average molecular weight is 810 g/mol. The van der Waals surface area contributed by atoms with Gasteiger partial charge in [0.2, 0.25) is 0 Å². The number of fused-ring (bicyclic) bond motifs is 16. The minimum atomic E-state index is -1.63. The lowest BCUT2D eigenvalue weighted by Crippen LogP contribution is -2.07. The lowest BCUT2D eigenvalue weighted by molar-refractivity contribution is 0.650. The van der Waals surface area contributed by atoms with E-state index >= 15 is 0 Å². The first-order valence-corrected chi connectivity index (χ1v) is 22.5. The quantitative estimate of drug-likeness (QED) is 0.188. The Bertz CT molecular complexity index is 3420. The zero-order valence-electron chi connectivity index (χ0n) is 32.1. The van der Waals surface area contributed by atoms with Crippen molar-refractivity contribution in [3.8, 4) is 10.6 Å². The van der Waals surface area contributed by atoms with E-state index in [4.69, 9.17) is 16.8 Å². The molecule has 0 bridgehead atoms. The zero-order chi connectivity index (χ0) is 39.3. The van der Waals surface area contributed by atoms with Crippen molar-refractivity contribution in [3.63, 3.8) is 0 Å². The van der Waals surface area contributed by atoms with Crippen LogP contribution in [0.25, 0.3) is 97.6 Å². The molecule has 0 saturated carbocycles. The zero-order valence-corrected chi connectivity index (χ0v) is 33.8. The molecule has 60 heavy (non-hydrogen) atoms. The van der Waals surface area contributed by atoms with E-state index in [2.05, 4.69) is 187 Å². The normalized spacial score (nSPS) is 12.4. The summed E-state index contributed by atoms with van der Waals surface area (Å²) in [5.41, 5.74) is 7.60. The number of para-hydroxylation sites is 2. The highest BCUT2D eigenvalue weighted by molar-refractivity contribution is 7.46. The Balaban J connectivity index is 1.05. The Morgan fingerprint density at radius 2 is 0.633 bits per heavy atom. The van der Waals surface area contributed by atoms with Gasteiger partial charge < -0.3 is 22.1 Å². The summed E-state index contributed by atoms with van der Waals surface area (Å²) >= 11 is 0. The molecule has 7 heteroatoms. The molecule has 10 aromatic carbocycles. The minimum Gasteiger partial charge on any atom is -0.416 e. The molecule has 1 N–H and O–H groups in total. The molecule has 0 unspecified atom stereocenters. The first kappa shape index (κ1) is 33.8. The van der Waals surface area contributed by atoms with Gasteiger partial charge >= 0.3 is 0 Å². The van der Waals surface area contributed by atoms with Crippen LogP contribution in [0.5, 0.6) is 0 Å². The third-order valence-electron chi connectivity index (χ3n) is 12.1. The van der Waals surface area contributed by atoms with Crippen LogP contribution in [0.15, 0.2) is 199 Å². The van der Waals surface area contributed by atoms with Gasteiger partial charge in [-0.15, -0.1) is 0 Å². The van der Waals surface area contributed by atoms with Gasteiger partial charge in [0, 0.05) is 28.0 Å². The Morgan fingerprint density at radius 1 is 0.317 bits per heavy atom. The first-order valence-electron chi connectivity index (χ1n) is 20.1. The summed E-state index contributed by atoms with van der Waals surface area (Å²) in [6.45, 7) is 0. The molecule has 0 saturated heterocycles. The number of benzene rings is 10. The van der Waals surface area contributed by atoms with Gasteiger partial charge in [0.25, 0.3) is 16.0 Å². The maximum Gasteiger partial charge on any atom is 0.255 e. The van der Waals surface area contributed by atoms with Crippen LogP contribution in [-0.2, 0) is 6.42 Å². The summed E-state index contributed by atoms with van der Waals surface area (Å²) < 4.78 is 28.4. The van der Waals surface area contributed by atoms with E-state index in [-0.39, 0.29) is 0 Å². The second kappa shape index (κ2) is 13.2. The third-order valence-corrected chi connectivity index (χ3v) is 15.1. The topological polar surface area (TPSA) is 64.6 Å². The maximum atomic E-state index is 7.11. The van der Waals surface area contributed by atoms with Crippen molar-refractivity contribution in [3.05, 3.63) is 193 Å². The van der Waals surface area contributed by atoms with Crippen LogP contribution in [-0.4, -0.2) is 0 Å². The highest BCUT2D eigenvalue weighted by atomic mass is 31.1. The second-order valence-electron chi connectivity index (χ2n) is 15.4. The van der Waals surface area contributed by atoms with E-state index in [0.29, 0.717) is 0 Å². The fourth-order valence-corrected chi connectivity index (χ4v) is 12.3. The lowest BCUT2D eigenvalue weighted by atomic mass is 9.97. The predicted molar refractivity (Wildman–Crippen MR) is 251 cm³/mol. The number of hydrogen-bond donors (Lipinski definition) is 1. The molecule has 0 spiro atoms. The van der Waals surface area contributed by atoms with Gasteiger partial charge in [-0.3, -0.25) is 0 Å². The van der Waals surface area contributed by atoms with Crippen molar-refractivity contribution in [1.29, 1.82) is 0 Å². The van der Waals surface area contributed by atoms with Gasteiger partial charge in [0.15, 0.2) is 0 Å². The standard InChI is InChI=1S/C53H33NO4P2/c1-5-17-38-32(11-1)23-27-42-48(38)49-39-18-6-2-12-33(39)24-28-43(49)56-59(55-42)46-21-9-15-36-31-37-16-10-22-47(53(37)54-52(36)46)60-57-44-29-25-34-13-3-7-19-40(34)50(44)51-41-20-8-4-14-35(41)26-30-45(51)58-60/h1-30,54H,31H2. The highest BCUT2D eigenvalue weighted by Crippen LogP contribution is 2.55. The van der Waals surface area contributed by atoms with Gasteiger partial charge in [-0.2, -0.15) is 0 Å². The number of hydrogen-bond acceptors (Lipinski definition) is 5. The molecule has 1 aliphatic heterocycles. The third kappa shape index (κ3) is 5.13. The Labute approximate surface area is 345 Å². The SMILES string of the molecule is c1cc2c(c(-p3oc4ccc5ccccc5c4c4c(ccc5ccccc54)o3)c1)Nc1c(cccc1-p1oc3ccc4ccccc4c3c3c(ccc4ccccc43)o1)C2. The van der Waals surface area contributed by atoms with Crippen LogP contribution in [0.3, 0.4) is 0 Å². The van der Waals surface area contributed by atoms with Crippen molar-refractivity contribution >= 4 is 114 Å². The summed E-state index contributed by atoms with van der Waals surface area (Å²) in [6.07, 6.45) is 0.733. The summed E-state index contributed by atoms with van der Waals surface area (Å²) in [5.74, 6) is 0. The van der Waals surface area contributed by atoms with E-state index in [0.717, 1.165) is 115 Å². The molecule has 0 amide bonds. The average Bonchev–Trinajstić information content (AvgIpc) is 3.59. The molecule has 0 fully saturated rings. The minimum absolute atomic E-state index is 0.733. The number of rotatable bonds is 2. The largest absolute Gasteiger partial charge is 0.416 e. The highest BCUT2D eigenvalue weighted by Gasteiger charge is 2.26. The molecule has 3 heterocycles. The molecule has 2 aromatic heterocycles. The lowest BCUT2D eigenvalue weighted by Gasteiger charge is -2.24. The fourth-order valence-electron chi connectivity index (χ4n) is 9.32. The molecule has 0 atom stereocenters. The van der Waals surface area contributed by atoms with Crippen LogP contribution in [0, 0.1) is 0 Å². The van der Waals surface area contributed by atoms with Gasteiger partial charge in [0.05, 0.1) is 22.0 Å². The molecule has 284 valence electrons. The van der Waals surface area contributed by atoms with E-state index in [1.54, 1.807) is 0 Å². The Kier molecular flexibility index (Phi) is 7.42. The van der Waals surface area contributed by atoms with Gasteiger partial charge in [-0.25, -0.2) is 0 Å². The van der Waals surface area contributed by atoms with Crippen LogP contribution in [0.1, 0.15) is 11.1 Å². The summed E-state index contributed by atoms with van der Waals surface area (Å²) in [4.78, 5) is 0. The molecule has 13 rings (SSSR count). The maximum absolute atomic E-state index is 7.11. The number of nitrogens with one attached hydrogen (secondary N) is 1. The van der Waals surface area contributed by atoms with Crippen LogP contribution in [0.4, 0.5) is 11.4 Å². The Hall–Kier alpha value is -7.16. The van der Waals surface area contributed by atoms with Crippen LogP contribution in [0.2, 0.25) is 0 Å². The van der Waals surface area contributed by atoms with E-state index in [1.807, 2.05) is 0 Å². The van der Waals surface area contributed by atoms with E-state index < -0.39 is 16.0 Å². The fraction of sp³-hybridized carbons (Fsp3) is 0.0189. The summed E-state index contributed by atoms with van der Waals surface area (Å²) in [6, 6.07) is 64.0. The molecule has 1 aliphatic rings. The monoisotopic (exact) mass is 809 g/mol. The van der Waals surface area contributed by atoms with E-state index in [9.17, 15) is 0 Å². The second-order valence-corrected chi connectivity index (χ2v) is 18.2. The van der Waals surface area contributed by atoms with Crippen molar-refractivity contribution in [2.24, 2.45) is 0 Å². The molecule has 0 radical (unpaired) electrons. The van der Waals surface area contributed by atoms with Crippen molar-refractivity contribution in [2.45, 2.75) is 6.42 Å². The Morgan fingerprint density at radius 3 is 0.967 bits per heavy atom. The van der Waals surface area contributed by atoms with Crippen molar-refractivity contribution in [1.82, 2.24) is 0 Å². The van der Waals surface area contributed by atoms with Crippen LogP contribution < -0.4 is 5.32 Å². The van der Waals surface area contributed by atoms with E-state index in [1.165, 1.54) is 11.1 Å². The molecule has 12 aromatic rings. The predicted octanol–water partition coefficient (Wildman–Crippen LogP) is 17.1. The van der Waals surface area contributed by atoms with Crippen molar-refractivity contribution in [2.75, 3.05) is 5.32 Å². The van der Waals surface area contributed by atoms with Gasteiger partial charge in [-0.1, -0.05) is 146 Å². The molecule has 5 nitrogen and oxygen atoms in total. The summed E-state index contributed by atoms with van der Waals surface area (Å²) in [5, 5.41) is 19.3. The smallest absolute Gasteiger partial charge is 0.255 e. The molecular formula is C53H33NO4P2. The molecular weight excluding hydrogens is 777 g/mol. The summed E-state index contributed by atoms with van der Waals surface area (Å²) in [7, 11) is -3.27. The molecule has 0 aliphatic carbocycles.